The van der Waals surface area contributed by atoms with Gasteiger partial charge in [0.1, 0.15) is 0 Å². The molecule has 1 saturated heterocycles. The normalized spacial score (nSPS) is 19.5. The van der Waals surface area contributed by atoms with Gasteiger partial charge in [-0.25, -0.2) is 10.4 Å². The van der Waals surface area contributed by atoms with Gasteiger partial charge in [-0.2, -0.15) is 0 Å². The molecular weight excluding hydrogens is 454 g/mol. The number of carbonyl (C=O) groups excluding carboxylic acids is 2. The summed E-state index contributed by atoms with van der Waals surface area (Å²) >= 11 is 7.04. The average Bonchev–Trinajstić information content (AvgIpc) is 3.41. The van der Waals surface area contributed by atoms with E-state index in [0.29, 0.717) is 22.2 Å². The highest BCUT2D eigenvalue weighted by atomic mass is 32.1. The molecule has 2 aromatic carbocycles. The molecule has 2 aliphatic rings. The van der Waals surface area contributed by atoms with Crippen molar-refractivity contribution >= 4 is 57.0 Å². The molecule has 1 aromatic heterocycles. The SMILES string of the molecule is CC1=CC(C)NN1c1nc(C2C(=O)N(c3ccccc3)C(=S)N(c3ccccc3)C2=O)cs1. The lowest BCUT2D eigenvalue weighted by atomic mass is 9.99. The van der Waals surface area contributed by atoms with Crippen LogP contribution in [-0.2, 0) is 9.59 Å². The van der Waals surface area contributed by atoms with Gasteiger partial charge in [0.15, 0.2) is 11.0 Å². The zero-order valence-corrected chi connectivity index (χ0v) is 19.6. The largest absolute Gasteiger partial charge is 0.273 e. The van der Waals surface area contributed by atoms with E-state index in [1.165, 1.54) is 21.1 Å². The summed E-state index contributed by atoms with van der Waals surface area (Å²) in [4.78, 5) is 34.9. The number of nitrogens with zero attached hydrogens (tertiary/aromatic N) is 4. The highest BCUT2D eigenvalue weighted by molar-refractivity contribution is 7.81. The zero-order valence-electron chi connectivity index (χ0n) is 18.0. The Hall–Kier alpha value is -3.40. The molecule has 2 aliphatic heterocycles. The predicted octanol–water partition coefficient (Wildman–Crippen LogP) is 4.21. The number of nitrogens with one attached hydrogen (secondary N) is 1. The number of thiocarbonyl (C=S) groups is 1. The summed E-state index contributed by atoms with van der Waals surface area (Å²) in [5, 5.41) is 4.46. The van der Waals surface area contributed by atoms with Crippen molar-refractivity contribution in [3.63, 3.8) is 0 Å². The van der Waals surface area contributed by atoms with Crippen molar-refractivity contribution in [3.8, 4) is 0 Å². The van der Waals surface area contributed by atoms with Crippen LogP contribution in [0, 0.1) is 0 Å². The Kier molecular flexibility index (Phi) is 5.53. The van der Waals surface area contributed by atoms with Crippen LogP contribution in [0.1, 0.15) is 25.5 Å². The Morgan fingerprint density at radius 2 is 1.48 bits per heavy atom. The summed E-state index contributed by atoms with van der Waals surface area (Å²) in [6.07, 6.45) is 2.09. The molecule has 3 heterocycles. The molecule has 33 heavy (non-hydrogen) atoms. The quantitative estimate of drug-likeness (QED) is 0.450. The minimum atomic E-state index is -1.11. The lowest BCUT2D eigenvalue weighted by molar-refractivity contribution is -0.128. The minimum absolute atomic E-state index is 0.128. The van der Waals surface area contributed by atoms with Gasteiger partial charge in [0.2, 0.25) is 5.13 Å². The molecule has 5 rings (SSSR count). The summed E-state index contributed by atoms with van der Waals surface area (Å²) in [6.45, 7) is 4.03. The summed E-state index contributed by atoms with van der Waals surface area (Å²) in [5.74, 6) is -1.92. The molecular formula is C24H21N5O2S2. The minimum Gasteiger partial charge on any atom is -0.273 e. The summed E-state index contributed by atoms with van der Waals surface area (Å²) < 4.78 is 0. The number of carbonyl (C=O) groups is 2. The number of benzene rings is 2. The second kappa shape index (κ2) is 8.51. The van der Waals surface area contributed by atoms with E-state index in [1.54, 1.807) is 29.6 Å². The lowest BCUT2D eigenvalue weighted by Crippen LogP contribution is -2.59. The van der Waals surface area contributed by atoms with Gasteiger partial charge in [-0.3, -0.25) is 24.4 Å². The van der Waals surface area contributed by atoms with Crippen LogP contribution >= 0.6 is 23.6 Å². The van der Waals surface area contributed by atoms with E-state index in [-0.39, 0.29) is 11.2 Å². The van der Waals surface area contributed by atoms with Crippen LogP contribution < -0.4 is 20.2 Å². The summed E-state index contributed by atoms with van der Waals surface area (Å²) in [5.41, 5.74) is 5.95. The van der Waals surface area contributed by atoms with E-state index >= 15 is 0 Å². The van der Waals surface area contributed by atoms with Gasteiger partial charge in [-0.05, 0) is 56.4 Å². The molecule has 3 aromatic rings. The first kappa shape index (κ1) is 21.4. The number of anilines is 3. The van der Waals surface area contributed by atoms with Crippen molar-refractivity contribution in [1.29, 1.82) is 0 Å². The number of para-hydroxylation sites is 2. The molecule has 166 valence electrons. The second-order valence-corrected chi connectivity index (χ2v) is 9.05. The maximum atomic E-state index is 13.7. The fraction of sp³-hybridized carbons (Fsp3) is 0.167. The van der Waals surface area contributed by atoms with Crippen LogP contribution in [0.2, 0.25) is 0 Å². The Labute approximate surface area is 200 Å². The third-order valence-electron chi connectivity index (χ3n) is 5.52. The number of aromatic nitrogens is 1. The fourth-order valence-electron chi connectivity index (χ4n) is 4.03. The molecule has 9 heteroatoms. The highest BCUT2D eigenvalue weighted by Crippen LogP contribution is 2.36. The molecule has 0 aliphatic carbocycles. The molecule has 1 unspecified atom stereocenters. The van der Waals surface area contributed by atoms with Crippen molar-refractivity contribution in [2.45, 2.75) is 25.8 Å². The number of allylic oxidation sites excluding steroid dienone is 1. The Morgan fingerprint density at radius 1 is 0.939 bits per heavy atom. The van der Waals surface area contributed by atoms with Crippen LogP contribution in [0.25, 0.3) is 0 Å². The van der Waals surface area contributed by atoms with Crippen molar-refractivity contribution in [2.24, 2.45) is 0 Å². The van der Waals surface area contributed by atoms with E-state index in [1.807, 2.05) is 55.3 Å². The molecule has 1 fully saturated rings. The van der Waals surface area contributed by atoms with Crippen molar-refractivity contribution in [1.82, 2.24) is 10.4 Å². The van der Waals surface area contributed by atoms with Crippen molar-refractivity contribution in [2.75, 3.05) is 14.8 Å². The van der Waals surface area contributed by atoms with E-state index in [2.05, 4.69) is 16.5 Å². The number of amides is 2. The van der Waals surface area contributed by atoms with E-state index in [9.17, 15) is 9.59 Å². The predicted molar refractivity (Wildman–Crippen MR) is 134 cm³/mol. The van der Waals surface area contributed by atoms with Crippen LogP contribution in [0.5, 0.6) is 0 Å². The van der Waals surface area contributed by atoms with Gasteiger partial charge in [0, 0.05) is 17.1 Å². The highest BCUT2D eigenvalue weighted by Gasteiger charge is 2.47. The Balaban J connectivity index is 1.58. The molecule has 0 radical (unpaired) electrons. The van der Waals surface area contributed by atoms with E-state index in [0.717, 1.165) is 5.70 Å². The number of hydrazine groups is 1. The van der Waals surface area contributed by atoms with Crippen LogP contribution in [0.15, 0.2) is 77.8 Å². The van der Waals surface area contributed by atoms with E-state index in [4.69, 9.17) is 12.2 Å². The standard InChI is InChI=1S/C24H21N5O2S2/c1-15-13-16(2)29(26-15)23-25-19(14-33-23)20-21(30)27(17-9-5-3-6-10-17)24(32)28(22(20)31)18-11-7-4-8-12-18/h3-15,20,26H,1-2H3. The Morgan fingerprint density at radius 3 is 1.97 bits per heavy atom. The first-order chi connectivity index (χ1) is 16.0. The van der Waals surface area contributed by atoms with E-state index < -0.39 is 17.7 Å². The smallest absolute Gasteiger partial charge is 0.252 e. The molecule has 7 nitrogen and oxygen atoms in total. The number of hydrogen-bond acceptors (Lipinski definition) is 7. The topological polar surface area (TPSA) is 68.8 Å². The third kappa shape index (κ3) is 3.74. The van der Waals surface area contributed by atoms with Gasteiger partial charge >= 0.3 is 0 Å². The van der Waals surface area contributed by atoms with Crippen molar-refractivity contribution < 1.29 is 9.59 Å². The third-order valence-corrected chi connectivity index (χ3v) is 6.73. The second-order valence-electron chi connectivity index (χ2n) is 7.85. The van der Waals surface area contributed by atoms with Gasteiger partial charge in [-0.15, -0.1) is 11.3 Å². The van der Waals surface area contributed by atoms with Gasteiger partial charge in [-0.1, -0.05) is 36.4 Å². The van der Waals surface area contributed by atoms with Crippen molar-refractivity contribution in [3.05, 3.63) is 83.5 Å². The van der Waals surface area contributed by atoms with Gasteiger partial charge in [0.25, 0.3) is 11.8 Å². The summed E-state index contributed by atoms with van der Waals surface area (Å²) in [6, 6.07) is 18.4. The number of rotatable bonds is 4. The molecule has 0 spiro atoms. The molecule has 1 N–H and O–H groups in total. The first-order valence-electron chi connectivity index (χ1n) is 10.5. The zero-order chi connectivity index (χ0) is 23.1. The molecule has 1 atom stereocenters. The number of hydrogen-bond donors (Lipinski definition) is 1. The van der Waals surface area contributed by atoms with Crippen LogP contribution in [-0.4, -0.2) is 28.0 Å². The monoisotopic (exact) mass is 475 g/mol. The van der Waals surface area contributed by atoms with Gasteiger partial charge < -0.3 is 0 Å². The fourth-order valence-corrected chi connectivity index (χ4v) is 5.30. The number of thiazole rings is 1. The average molecular weight is 476 g/mol. The van der Waals surface area contributed by atoms with Crippen LogP contribution in [0.4, 0.5) is 16.5 Å². The summed E-state index contributed by atoms with van der Waals surface area (Å²) in [7, 11) is 0. The maximum Gasteiger partial charge on any atom is 0.252 e. The maximum absolute atomic E-state index is 13.7. The molecule has 2 amide bonds. The van der Waals surface area contributed by atoms with Crippen LogP contribution in [0.3, 0.4) is 0 Å². The Bertz CT molecular complexity index is 1200. The molecule has 0 saturated carbocycles. The van der Waals surface area contributed by atoms with Gasteiger partial charge in [0.05, 0.1) is 17.1 Å². The lowest BCUT2D eigenvalue weighted by Gasteiger charge is -2.38. The molecule has 0 bridgehead atoms. The first-order valence-corrected chi connectivity index (χ1v) is 11.8.